The van der Waals surface area contributed by atoms with Crippen LogP contribution in [0.2, 0.25) is 0 Å². The van der Waals surface area contributed by atoms with Crippen molar-refractivity contribution in [2.24, 2.45) is 0 Å². The quantitative estimate of drug-likeness (QED) is 0.636. The highest BCUT2D eigenvalue weighted by Gasteiger charge is 2.01. The van der Waals surface area contributed by atoms with Crippen molar-refractivity contribution in [3.8, 4) is 22.4 Å². The van der Waals surface area contributed by atoms with Crippen LogP contribution in [0.15, 0.2) is 79.0 Å². The molecule has 0 unspecified atom stereocenters. The van der Waals surface area contributed by atoms with Gasteiger partial charge in [0.25, 0.3) is 0 Å². The molecular weight excluding hydrogens is 218 g/mol. The second kappa shape index (κ2) is 4.84. The lowest BCUT2D eigenvalue weighted by molar-refractivity contribution is 1.33. The molecule has 0 amide bonds. The Morgan fingerprint density at radius 1 is 0.556 bits per heavy atom. The monoisotopic (exact) mass is 231 g/mol. The van der Waals surface area contributed by atoms with E-state index in [0.29, 0.717) is 0 Å². The molecule has 18 heavy (non-hydrogen) atoms. The van der Waals surface area contributed by atoms with E-state index >= 15 is 0 Å². The van der Waals surface area contributed by atoms with Crippen LogP contribution >= 0.6 is 0 Å². The van der Waals surface area contributed by atoms with Crippen molar-refractivity contribution in [1.29, 1.82) is 0 Å². The Hall–Kier alpha value is -2.41. The number of aromatic nitrogens is 1. The van der Waals surface area contributed by atoms with Gasteiger partial charge < -0.3 is 0 Å². The van der Waals surface area contributed by atoms with Crippen molar-refractivity contribution in [3.63, 3.8) is 0 Å². The summed E-state index contributed by atoms with van der Waals surface area (Å²) in [5.74, 6) is 0. The molecule has 1 nitrogen and oxygen atoms in total. The number of pyridine rings is 1. The first-order valence-electron chi connectivity index (χ1n) is 6.00. The maximum atomic E-state index is 4.44. The third-order valence-corrected chi connectivity index (χ3v) is 2.94. The fraction of sp³-hybridized carbons (Fsp3) is 0. The van der Waals surface area contributed by atoms with Crippen LogP contribution in [0.4, 0.5) is 0 Å². The molecule has 3 aromatic rings. The number of benzene rings is 2. The van der Waals surface area contributed by atoms with Crippen LogP contribution in [0.1, 0.15) is 0 Å². The van der Waals surface area contributed by atoms with Crippen LogP contribution in [0.3, 0.4) is 0 Å². The van der Waals surface area contributed by atoms with Crippen molar-refractivity contribution in [2.45, 2.75) is 0 Å². The molecule has 0 spiro atoms. The van der Waals surface area contributed by atoms with E-state index in [2.05, 4.69) is 47.4 Å². The molecule has 1 aromatic heterocycles. The lowest BCUT2D eigenvalue weighted by Gasteiger charge is -2.04. The van der Waals surface area contributed by atoms with Crippen LogP contribution in [0.5, 0.6) is 0 Å². The van der Waals surface area contributed by atoms with Gasteiger partial charge in [-0.15, -0.1) is 0 Å². The molecule has 0 aliphatic rings. The third-order valence-electron chi connectivity index (χ3n) is 2.94. The zero-order chi connectivity index (χ0) is 12.2. The first-order valence-corrected chi connectivity index (χ1v) is 6.00. The maximum Gasteiger partial charge on any atom is 0.0708 e. The largest absolute Gasteiger partial charge is 0.256 e. The van der Waals surface area contributed by atoms with E-state index in [1.165, 1.54) is 11.1 Å². The van der Waals surface area contributed by atoms with E-state index < -0.39 is 0 Å². The van der Waals surface area contributed by atoms with Gasteiger partial charge in [0.1, 0.15) is 0 Å². The molecule has 3 rings (SSSR count). The molecule has 2 aromatic carbocycles. The first-order chi connectivity index (χ1) is 8.93. The Kier molecular flexibility index (Phi) is 2.89. The van der Waals surface area contributed by atoms with Gasteiger partial charge in [-0.05, 0) is 23.3 Å². The van der Waals surface area contributed by atoms with Gasteiger partial charge in [-0.1, -0.05) is 60.7 Å². The standard InChI is InChI=1S/C17H13N/c1-3-7-14(8-4-1)16-11-12-18-17(13-16)15-9-5-2-6-10-15/h1-13H. The molecule has 0 radical (unpaired) electrons. The number of nitrogens with zero attached hydrogens (tertiary/aromatic N) is 1. The van der Waals surface area contributed by atoms with E-state index in [1.807, 2.05) is 36.5 Å². The zero-order valence-electron chi connectivity index (χ0n) is 9.95. The Labute approximate surface area is 107 Å². The van der Waals surface area contributed by atoms with Crippen molar-refractivity contribution >= 4 is 0 Å². The van der Waals surface area contributed by atoms with Crippen LogP contribution < -0.4 is 0 Å². The molecule has 0 saturated carbocycles. The van der Waals surface area contributed by atoms with Gasteiger partial charge in [-0.3, -0.25) is 4.98 Å². The van der Waals surface area contributed by atoms with E-state index in [4.69, 9.17) is 0 Å². The summed E-state index contributed by atoms with van der Waals surface area (Å²) in [6, 6.07) is 24.8. The molecule has 86 valence electrons. The van der Waals surface area contributed by atoms with E-state index in [1.54, 1.807) is 0 Å². The van der Waals surface area contributed by atoms with Crippen LogP contribution in [0.25, 0.3) is 22.4 Å². The van der Waals surface area contributed by atoms with Gasteiger partial charge in [0.05, 0.1) is 5.69 Å². The molecule has 0 N–H and O–H groups in total. The molecular formula is C17H13N. The van der Waals surface area contributed by atoms with Crippen molar-refractivity contribution in [2.75, 3.05) is 0 Å². The molecule has 0 atom stereocenters. The fourth-order valence-electron chi connectivity index (χ4n) is 2.01. The zero-order valence-corrected chi connectivity index (χ0v) is 9.95. The Balaban J connectivity index is 2.05. The van der Waals surface area contributed by atoms with Gasteiger partial charge in [-0.25, -0.2) is 0 Å². The number of hydrogen-bond donors (Lipinski definition) is 0. The van der Waals surface area contributed by atoms with E-state index in [0.717, 1.165) is 11.3 Å². The van der Waals surface area contributed by atoms with Gasteiger partial charge in [0.2, 0.25) is 0 Å². The van der Waals surface area contributed by atoms with Gasteiger partial charge in [0.15, 0.2) is 0 Å². The Bertz CT molecular complexity index is 575. The predicted molar refractivity (Wildman–Crippen MR) is 75.1 cm³/mol. The summed E-state index contributed by atoms with van der Waals surface area (Å²) in [6.07, 6.45) is 1.87. The topological polar surface area (TPSA) is 12.9 Å². The smallest absolute Gasteiger partial charge is 0.0708 e. The second-order valence-corrected chi connectivity index (χ2v) is 4.16. The summed E-state index contributed by atoms with van der Waals surface area (Å²) < 4.78 is 0. The average Bonchev–Trinajstić information content (AvgIpc) is 2.49. The first kappa shape index (κ1) is 10.7. The highest BCUT2D eigenvalue weighted by molar-refractivity contribution is 5.70. The normalized spacial score (nSPS) is 10.2. The average molecular weight is 231 g/mol. The molecule has 0 bridgehead atoms. The minimum absolute atomic E-state index is 1.01. The number of rotatable bonds is 2. The molecule has 1 heterocycles. The summed E-state index contributed by atoms with van der Waals surface area (Å²) in [5.41, 5.74) is 4.58. The van der Waals surface area contributed by atoms with Crippen molar-refractivity contribution in [3.05, 3.63) is 79.0 Å². The minimum atomic E-state index is 1.01. The Morgan fingerprint density at radius 2 is 1.17 bits per heavy atom. The molecule has 0 fully saturated rings. The van der Waals surface area contributed by atoms with Gasteiger partial charge in [-0.2, -0.15) is 0 Å². The predicted octanol–water partition coefficient (Wildman–Crippen LogP) is 4.42. The fourth-order valence-corrected chi connectivity index (χ4v) is 2.01. The van der Waals surface area contributed by atoms with Gasteiger partial charge >= 0.3 is 0 Å². The maximum absolute atomic E-state index is 4.44. The highest BCUT2D eigenvalue weighted by Crippen LogP contribution is 2.23. The molecule has 1 heteroatoms. The van der Waals surface area contributed by atoms with E-state index in [9.17, 15) is 0 Å². The highest BCUT2D eigenvalue weighted by atomic mass is 14.7. The van der Waals surface area contributed by atoms with Crippen LogP contribution in [0, 0.1) is 0 Å². The SMILES string of the molecule is c1ccc(-c2ccnc(-c3ccccc3)c2)cc1. The summed E-state index contributed by atoms with van der Waals surface area (Å²) in [6.45, 7) is 0. The summed E-state index contributed by atoms with van der Waals surface area (Å²) in [4.78, 5) is 4.44. The van der Waals surface area contributed by atoms with Crippen LogP contribution in [-0.2, 0) is 0 Å². The van der Waals surface area contributed by atoms with Crippen LogP contribution in [-0.4, -0.2) is 4.98 Å². The van der Waals surface area contributed by atoms with Gasteiger partial charge in [0, 0.05) is 11.8 Å². The minimum Gasteiger partial charge on any atom is -0.256 e. The molecule has 0 saturated heterocycles. The van der Waals surface area contributed by atoms with Crippen molar-refractivity contribution in [1.82, 2.24) is 4.98 Å². The van der Waals surface area contributed by atoms with Crippen molar-refractivity contribution < 1.29 is 0 Å². The lowest BCUT2D eigenvalue weighted by Crippen LogP contribution is -1.84. The molecule has 0 aliphatic carbocycles. The molecule has 0 aliphatic heterocycles. The third kappa shape index (κ3) is 2.16. The second-order valence-electron chi connectivity index (χ2n) is 4.16. The Morgan fingerprint density at radius 3 is 1.83 bits per heavy atom. The summed E-state index contributed by atoms with van der Waals surface area (Å²) in [5, 5.41) is 0. The summed E-state index contributed by atoms with van der Waals surface area (Å²) in [7, 11) is 0. The summed E-state index contributed by atoms with van der Waals surface area (Å²) >= 11 is 0. The van der Waals surface area contributed by atoms with E-state index in [-0.39, 0.29) is 0 Å². The number of hydrogen-bond acceptors (Lipinski definition) is 1. The lowest BCUT2D eigenvalue weighted by atomic mass is 10.0.